The summed E-state index contributed by atoms with van der Waals surface area (Å²) < 4.78 is 8.68. The Kier molecular flexibility index (Phi) is 5.89. The van der Waals surface area contributed by atoms with E-state index in [4.69, 9.17) is 5.53 Å². The first-order chi connectivity index (χ1) is 6.56. The molecule has 0 rings (SSSR count). The van der Waals surface area contributed by atoms with E-state index in [-0.39, 0.29) is 12.5 Å². The molecule has 0 aliphatic rings. The summed E-state index contributed by atoms with van der Waals surface area (Å²) in [5.74, 6) is -0.772. The van der Waals surface area contributed by atoms with E-state index < -0.39 is 18.7 Å². The highest BCUT2D eigenvalue weighted by molar-refractivity contribution is 5.83. The topological polar surface area (TPSA) is 101 Å². The molecule has 0 bridgehead atoms. The summed E-state index contributed by atoms with van der Waals surface area (Å²) in [6.07, 6.45) is -1.07. The molecule has 78 valence electrons. The number of nitrogens with zero attached hydrogens (tertiary/aromatic N) is 3. The van der Waals surface area contributed by atoms with Crippen LogP contribution in [0.5, 0.6) is 0 Å². The van der Waals surface area contributed by atoms with Crippen molar-refractivity contribution in [3.63, 3.8) is 0 Å². The molecule has 0 amide bonds. The third-order valence-electron chi connectivity index (χ3n) is 0.995. The van der Waals surface area contributed by atoms with Gasteiger partial charge in [0.2, 0.25) is 0 Å². The van der Waals surface area contributed by atoms with E-state index in [0.29, 0.717) is 0 Å². The highest BCUT2D eigenvalue weighted by Gasteiger charge is 2.10. The first-order valence-corrected chi connectivity index (χ1v) is 3.94. The normalized spacial score (nSPS) is 9.07. The number of ether oxygens (including phenoxy) is 2. The Bertz CT molecular complexity index is 258. The highest BCUT2D eigenvalue weighted by atomic mass is 16.7. The number of carbonyl (C=O) groups excluding carboxylic acids is 2. The Balaban J connectivity index is 3.71. The molecule has 0 N–H and O–H groups in total. The number of rotatable bonds is 4. The molecule has 0 saturated carbocycles. The highest BCUT2D eigenvalue weighted by Crippen LogP contribution is 1.95. The second-order valence-electron chi connectivity index (χ2n) is 2.82. The van der Waals surface area contributed by atoms with Gasteiger partial charge in [-0.25, -0.2) is 4.79 Å². The summed E-state index contributed by atoms with van der Waals surface area (Å²) in [5, 5.41) is 2.92. The fourth-order valence-electron chi connectivity index (χ4n) is 0.479. The average Bonchev–Trinajstić information content (AvgIpc) is 2.11. The molecule has 0 fully saturated rings. The van der Waals surface area contributed by atoms with Gasteiger partial charge in [-0.1, -0.05) is 19.0 Å². The monoisotopic (exact) mass is 201 g/mol. The second kappa shape index (κ2) is 6.73. The molecule has 0 unspecified atom stereocenters. The molecule has 0 aromatic rings. The van der Waals surface area contributed by atoms with Crippen molar-refractivity contribution in [3.8, 4) is 0 Å². The van der Waals surface area contributed by atoms with Gasteiger partial charge in [-0.2, -0.15) is 0 Å². The van der Waals surface area contributed by atoms with E-state index in [1.807, 2.05) is 13.8 Å². The van der Waals surface area contributed by atoms with Crippen molar-refractivity contribution < 1.29 is 19.1 Å². The molecule has 0 aromatic heterocycles. The molecular weight excluding hydrogens is 190 g/mol. The third kappa shape index (κ3) is 6.93. The van der Waals surface area contributed by atoms with E-state index >= 15 is 0 Å². The van der Waals surface area contributed by atoms with Crippen molar-refractivity contribution in [2.24, 2.45) is 11.0 Å². The molecule has 14 heavy (non-hydrogen) atoms. The summed E-state index contributed by atoms with van der Waals surface area (Å²) in [6.45, 7) is 3.34. The summed E-state index contributed by atoms with van der Waals surface area (Å²) >= 11 is 0. The first kappa shape index (κ1) is 12.2. The van der Waals surface area contributed by atoms with Gasteiger partial charge in [-0.15, -0.1) is 0 Å². The van der Waals surface area contributed by atoms with Crippen LogP contribution in [0.15, 0.2) is 5.11 Å². The van der Waals surface area contributed by atoms with E-state index in [0.717, 1.165) is 0 Å². The maximum absolute atomic E-state index is 10.7. The van der Waals surface area contributed by atoms with Gasteiger partial charge in [0.15, 0.2) is 0 Å². The van der Waals surface area contributed by atoms with Gasteiger partial charge in [-0.3, -0.25) is 4.79 Å². The van der Waals surface area contributed by atoms with Gasteiger partial charge in [0.25, 0.3) is 0 Å². The van der Waals surface area contributed by atoms with Gasteiger partial charge in [0, 0.05) is 4.91 Å². The average molecular weight is 201 g/mol. The number of esters is 1. The minimum absolute atomic E-state index is 0.162. The van der Waals surface area contributed by atoms with Crippen molar-refractivity contribution in [2.45, 2.75) is 13.8 Å². The van der Waals surface area contributed by atoms with Gasteiger partial charge >= 0.3 is 12.1 Å². The maximum atomic E-state index is 10.7. The summed E-state index contributed by atoms with van der Waals surface area (Å²) in [6, 6.07) is 0. The van der Waals surface area contributed by atoms with Crippen LogP contribution in [0.3, 0.4) is 0 Å². The summed E-state index contributed by atoms with van der Waals surface area (Å²) in [7, 11) is 0. The summed E-state index contributed by atoms with van der Waals surface area (Å²) in [5.41, 5.74) is 7.86. The van der Waals surface area contributed by atoms with Crippen molar-refractivity contribution in [2.75, 3.05) is 13.2 Å². The molecule has 0 radical (unpaired) electrons. The van der Waals surface area contributed by atoms with Crippen LogP contribution in [0.1, 0.15) is 13.8 Å². The molecule has 0 aliphatic carbocycles. The molecule has 0 spiro atoms. The van der Waals surface area contributed by atoms with Gasteiger partial charge in [0.05, 0.1) is 6.61 Å². The molecular formula is C7H11N3O4. The Morgan fingerprint density at radius 1 is 1.50 bits per heavy atom. The Morgan fingerprint density at radius 2 is 2.14 bits per heavy atom. The van der Waals surface area contributed by atoms with Crippen LogP contribution in [0, 0.1) is 5.92 Å². The molecule has 7 nitrogen and oxygen atoms in total. The molecule has 0 heterocycles. The van der Waals surface area contributed by atoms with E-state index in [9.17, 15) is 9.59 Å². The van der Waals surface area contributed by atoms with Gasteiger partial charge in [-0.05, 0) is 11.4 Å². The number of hydrogen-bond donors (Lipinski definition) is 0. The lowest BCUT2D eigenvalue weighted by Gasteiger charge is -2.05. The largest absolute Gasteiger partial charge is 0.516 e. The van der Waals surface area contributed by atoms with Crippen LogP contribution in [0.4, 0.5) is 4.79 Å². The number of carbonyl (C=O) groups is 2. The maximum Gasteiger partial charge on any atom is 0.516 e. The predicted octanol–water partition coefficient (Wildman–Crippen LogP) is 1.63. The van der Waals surface area contributed by atoms with Crippen molar-refractivity contribution in [1.82, 2.24) is 0 Å². The van der Waals surface area contributed by atoms with Crippen molar-refractivity contribution in [3.05, 3.63) is 10.4 Å². The number of hydrogen-bond acceptors (Lipinski definition) is 5. The molecule has 7 heteroatoms. The van der Waals surface area contributed by atoms with Crippen LogP contribution in [0.2, 0.25) is 0 Å². The first-order valence-electron chi connectivity index (χ1n) is 3.94. The molecule has 0 atom stereocenters. The van der Waals surface area contributed by atoms with Crippen molar-refractivity contribution >= 4 is 12.1 Å². The Labute approximate surface area is 80.6 Å². The van der Waals surface area contributed by atoms with E-state index in [1.165, 1.54) is 0 Å². The lowest BCUT2D eigenvalue weighted by atomic mass is 10.2. The number of azide groups is 1. The van der Waals surface area contributed by atoms with E-state index in [2.05, 4.69) is 19.5 Å². The zero-order chi connectivity index (χ0) is 11.0. The lowest BCUT2D eigenvalue weighted by Crippen LogP contribution is -2.17. The fraction of sp³-hybridized carbons (Fsp3) is 0.714. The zero-order valence-corrected chi connectivity index (χ0v) is 7.97. The fourth-order valence-corrected chi connectivity index (χ4v) is 0.479. The van der Waals surface area contributed by atoms with Crippen LogP contribution in [0.25, 0.3) is 10.4 Å². The summed E-state index contributed by atoms with van der Waals surface area (Å²) in [4.78, 5) is 23.7. The van der Waals surface area contributed by atoms with Gasteiger partial charge in [0.1, 0.15) is 6.54 Å². The van der Waals surface area contributed by atoms with Crippen LogP contribution in [-0.4, -0.2) is 25.3 Å². The second-order valence-corrected chi connectivity index (χ2v) is 2.82. The third-order valence-corrected chi connectivity index (χ3v) is 0.995. The van der Waals surface area contributed by atoms with Crippen LogP contribution >= 0.6 is 0 Å². The molecule has 0 saturated heterocycles. The Hall–Kier alpha value is -1.75. The molecule has 0 aliphatic heterocycles. The van der Waals surface area contributed by atoms with Crippen LogP contribution < -0.4 is 0 Å². The van der Waals surface area contributed by atoms with Crippen molar-refractivity contribution in [1.29, 1.82) is 0 Å². The quantitative estimate of drug-likeness (QED) is 0.227. The van der Waals surface area contributed by atoms with Crippen LogP contribution in [-0.2, 0) is 14.3 Å². The Morgan fingerprint density at radius 3 is 2.64 bits per heavy atom. The smallest absolute Gasteiger partial charge is 0.434 e. The van der Waals surface area contributed by atoms with Gasteiger partial charge < -0.3 is 9.47 Å². The predicted molar refractivity (Wildman–Crippen MR) is 46.3 cm³/mol. The molecule has 0 aromatic carbocycles. The van der Waals surface area contributed by atoms with E-state index in [1.54, 1.807) is 0 Å². The lowest BCUT2D eigenvalue weighted by molar-refractivity contribution is -0.138. The minimum Gasteiger partial charge on any atom is -0.434 e. The standard InChI is InChI=1S/C7H11N3O4/c1-5(2)4-13-7(12)14-6(11)3-9-10-8/h5H,3-4H2,1-2H3. The zero-order valence-electron chi connectivity index (χ0n) is 7.97. The SMILES string of the molecule is CC(C)COC(=O)OC(=O)CN=[N+]=[N-]. The minimum atomic E-state index is -1.07.